The highest BCUT2D eigenvalue weighted by molar-refractivity contribution is 5.78. The fourth-order valence-corrected chi connectivity index (χ4v) is 3.84. The number of piperidine rings is 1. The van der Waals surface area contributed by atoms with Crippen LogP contribution >= 0.6 is 0 Å². The van der Waals surface area contributed by atoms with Gasteiger partial charge in [0.2, 0.25) is 0 Å². The Labute approximate surface area is 97.0 Å². The molecule has 3 heterocycles. The van der Waals surface area contributed by atoms with E-state index < -0.39 is 0 Å². The Kier molecular flexibility index (Phi) is 2.18. The molecule has 0 aromatic rings. The number of rotatable bonds is 1. The second-order valence-corrected chi connectivity index (χ2v) is 5.68. The lowest BCUT2D eigenvalue weighted by Gasteiger charge is -2.42. The zero-order valence-electron chi connectivity index (χ0n) is 10.2. The summed E-state index contributed by atoms with van der Waals surface area (Å²) < 4.78 is 0. The molecule has 2 atom stereocenters. The Morgan fingerprint density at radius 2 is 2.00 bits per heavy atom. The van der Waals surface area contributed by atoms with Crippen molar-refractivity contribution in [3.63, 3.8) is 0 Å². The van der Waals surface area contributed by atoms with Crippen LogP contribution in [0, 0.1) is 0 Å². The molecular weight excluding hydrogens is 202 g/mol. The summed E-state index contributed by atoms with van der Waals surface area (Å²) >= 11 is 0. The van der Waals surface area contributed by atoms with Crippen LogP contribution in [0.25, 0.3) is 0 Å². The first-order valence-corrected chi connectivity index (χ1v) is 6.42. The average Bonchev–Trinajstić information content (AvgIpc) is 2.65. The van der Waals surface area contributed by atoms with Gasteiger partial charge in [-0.25, -0.2) is 4.79 Å². The SMILES string of the molecule is CCN1CC2(CC3CCC(C2)N3C)NC1=O. The van der Waals surface area contributed by atoms with Gasteiger partial charge in [-0.1, -0.05) is 0 Å². The van der Waals surface area contributed by atoms with E-state index >= 15 is 0 Å². The van der Waals surface area contributed by atoms with Gasteiger partial charge in [-0.3, -0.25) is 0 Å². The Balaban J connectivity index is 1.80. The molecule has 0 aromatic carbocycles. The van der Waals surface area contributed by atoms with Crippen molar-refractivity contribution in [3.8, 4) is 0 Å². The number of carbonyl (C=O) groups is 1. The number of fused-ring (bicyclic) bond motifs is 2. The van der Waals surface area contributed by atoms with E-state index in [0.29, 0.717) is 12.1 Å². The van der Waals surface area contributed by atoms with Crippen LogP contribution in [0.2, 0.25) is 0 Å². The molecule has 4 heteroatoms. The Morgan fingerprint density at radius 1 is 1.38 bits per heavy atom. The second kappa shape index (κ2) is 3.36. The first-order chi connectivity index (χ1) is 7.63. The summed E-state index contributed by atoms with van der Waals surface area (Å²) in [5.74, 6) is 0. The number of nitrogens with one attached hydrogen (secondary N) is 1. The fourth-order valence-electron chi connectivity index (χ4n) is 3.84. The Morgan fingerprint density at radius 3 is 2.50 bits per heavy atom. The fraction of sp³-hybridized carbons (Fsp3) is 0.917. The smallest absolute Gasteiger partial charge is 0.317 e. The standard InChI is InChI=1S/C12H21N3O/c1-3-15-8-12(13-11(15)16)6-9-4-5-10(7-12)14(9)2/h9-10H,3-8H2,1-2H3,(H,13,16). The van der Waals surface area contributed by atoms with E-state index in [0.717, 1.165) is 25.9 Å². The molecule has 90 valence electrons. The van der Waals surface area contributed by atoms with Crippen molar-refractivity contribution in [2.75, 3.05) is 20.1 Å². The quantitative estimate of drug-likeness (QED) is 0.720. The normalized spacial score (nSPS) is 43.1. The van der Waals surface area contributed by atoms with E-state index in [2.05, 4.69) is 24.2 Å². The van der Waals surface area contributed by atoms with Crippen molar-refractivity contribution >= 4 is 6.03 Å². The van der Waals surface area contributed by atoms with Crippen LogP contribution in [-0.2, 0) is 0 Å². The maximum atomic E-state index is 11.8. The minimum atomic E-state index is 0.0887. The molecule has 3 rings (SSSR count). The first-order valence-electron chi connectivity index (χ1n) is 6.42. The largest absolute Gasteiger partial charge is 0.331 e. The molecule has 0 aliphatic carbocycles. The topological polar surface area (TPSA) is 35.6 Å². The summed E-state index contributed by atoms with van der Waals surface area (Å²) in [6.45, 7) is 3.81. The molecule has 0 saturated carbocycles. The van der Waals surface area contributed by atoms with E-state index in [-0.39, 0.29) is 11.6 Å². The van der Waals surface area contributed by atoms with Crippen molar-refractivity contribution in [2.24, 2.45) is 0 Å². The lowest BCUT2D eigenvalue weighted by atomic mass is 9.83. The first kappa shape index (κ1) is 10.4. The lowest BCUT2D eigenvalue weighted by molar-refractivity contribution is 0.104. The summed E-state index contributed by atoms with van der Waals surface area (Å²) in [5.41, 5.74) is 0.0887. The molecule has 0 aromatic heterocycles. The highest BCUT2D eigenvalue weighted by Gasteiger charge is 2.51. The van der Waals surface area contributed by atoms with Gasteiger partial charge in [0.05, 0.1) is 5.54 Å². The van der Waals surface area contributed by atoms with Gasteiger partial charge in [0.1, 0.15) is 0 Å². The molecule has 4 nitrogen and oxygen atoms in total. The maximum absolute atomic E-state index is 11.8. The van der Waals surface area contributed by atoms with Crippen LogP contribution < -0.4 is 5.32 Å². The zero-order chi connectivity index (χ0) is 11.3. The van der Waals surface area contributed by atoms with Crippen molar-refractivity contribution < 1.29 is 4.79 Å². The van der Waals surface area contributed by atoms with Gasteiger partial charge in [0.25, 0.3) is 0 Å². The number of urea groups is 1. The van der Waals surface area contributed by atoms with Crippen molar-refractivity contribution in [3.05, 3.63) is 0 Å². The van der Waals surface area contributed by atoms with Crippen LogP contribution in [0.1, 0.15) is 32.6 Å². The van der Waals surface area contributed by atoms with E-state index in [1.807, 2.05) is 4.90 Å². The highest BCUT2D eigenvalue weighted by atomic mass is 16.2. The molecular formula is C12H21N3O. The van der Waals surface area contributed by atoms with Gasteiger partial charge in [-0.15, -0.1) is 0 Å². The van der Waals surface area contributed by atoms with E-state index in [4.69, 9.17) is 0 Å². The molecule has 2 bridgehead atoms. The molecule has 3 saturated heterocycles. The van der Waals surface area contributed by atoms with Crippen LogP contribution in [0.15, 0.2) is 0 Å². The third-order valence-corrected chi connectivity index (χ3v) is 4.77. The summed E-state index contributed by atoms with van der Waals surface area (Å²) in [7, 11) is 2.24. The van der Waals surface area contributed by atoms with Crippen molar-refractivity contribution in [2.45, 2.75) is 50.2 Å². The van der Waals surface area contributed by atoms with Crippen LogP contribution in [0.5, 0.6) is 0 Å². The molecule has 0 radical (unpaired) electrons. The van der Waals surface area contributed by atoms with Crippen LogP contribution in [0.3, 0.4) is 0 Å². The molecule has 16 heavy (non-hydrogen) atoms. The zero-order valence-corrected chi connectivity index (χ0v) is 10.2. The number of hydrogen-bond donors (Lipinski definition) is 1. The number of hydrogen-bond acceptors (Lipinski definition) is 2. The van der Waals surface area contributed by atoms with Gasteiger partial charge in [0, 0.05) is 25.2 Å². The van der Waals surface area contributed by atoms with Crippen LogP contribution in [0.4, 0.5) is 4.79 Å². The maximum Gasteiger partial charge on any atom is 0.317 e. The summed E-state index contributed by atoms with van der Waals surface area (Å²) in [5, 5.41) is 3.25. The van der Waals surface area contributed by atoms with Gasteiger partial charge in [0.15, 0.2) is 0 Å². The lowest BCUT2D eigenvalue weighted by Crippen LogP contribution is -2.56. The highest BCUT2D eigenvalue weighted by Crippen LogP contribution is 2.41. The summed E-state index contributed by atoms with van der Waals surface area (Å²) in [6.07, 6.45) is 4.90. The van der Waals surface area contributed by atoms with E-state index in [1.165, 1.54) is 12.8 Å². The Bertz CT molecular complexity index is 303. The van der Waals surface area contributed by atoms with Gasteiger partial charge >= 0.3 is 6.03 Å². The van der Waals surface area contributed by atoms with Gasteiger partial charge in [-0.2, -0.15) is 0 Å². The molecule has 1 spiro atoms. The second-order valence-electron chi connectivity index (χ2n) is 5.68. The molecule has 1 N–H and O–H groups in total. The number of carbonyl (C=O) groups excluding carboxylic acids is 1. The summed E-state index contributed by atoms with van der Waals surface area (Å²) in [4.78, 5) is 16.3. The van der Waals surface area contributed by atoms with Gasteiger partial charge < -0.3 is 15.1 Å². The number of amides is 2. The van der Waals surface area contributed by atoms with E-state index in [9.17, 15) is 4.79 Å². The third-order valence-electron chi connectivity index (χ3n) is 4.77. The minimum Gasteiger partial charge on any atom is -0.331 e. The Hall–Kier alpha value is -0.770. The predicted molar refractivity (Wildman–Crippen MR) is 62.3 cm³/mol. The summed E-state index contributed by atoms with van der Waals surface area (Å²) in [6, 6.07) is 1.53. The van der Waals surface area contributed by atoms with Gasteiger partial charge in [-0.05, 0) is 39.7 Å². The van der Waals surface area contributed by atoms with E-state index in [1.54, 1.807) is 0 Å². The van der Waals surface area contributed by atoms with Crippen LogP contribution in [-0.4, -0.2) is 53.6 Å². The molecule has 3 aliphatic heterocycles. The van der Waals surface area contributed by atoms with Crippen molar-refractivity contribution in [1.82, 2.24) is 15.1 Å². The van der Waals surface area contributed by atoms with Crippen molar-refractivity contribution in [1.29, 1.82) is 0 Å². The number of likely N-dealkylation sites (N-methyl/N-ethyl adjacent to an activating group) is 1. The molecule has 2 amide bonds. The molecule has 2 unspecified atom stereocenters. The number of nitrogens with zero attached hydrogens (tertiary/aromatic N) is 2. The third kappa shape index (κ3) is 1.35. The monoisotopic (exact) mass is 223 g/mol. The molecule has 3 aliphatic rings. The predicted octanol–water partition coefficient (Wildman–Crippen LogP) is 1.03. The minimum absolute atomic E-state index is 0.0887. The average molecular weight is 223 g/mol. The molecule has 3 fully saturated rings.